The average molecular weight is 220 g/mol. The van der Waals surface area contributed by atoms with Crippen LogP contribution in [0.15, 0.2) is 12.2 Å². The molecule has 0 bridgehead atoms. The van der Waals surface area contributed by atoms with Crippen LogP contribution in [0.1, 0.15) is 46.5 Å². The van der Waals surface area contributed by atoms with Crippen LogP contribution in [0, 0.1) is 29.1 Å². The maximum Gasteiger partial charge on any atom is 0.0656 e. The fourth-order valence-corrected chi connectivity index (χ4v) is 5.16. The summed E-state index contributed by atoms with van der Waals surface area (Å²) in [5.74, 6) is 2.81. The van der Waals surface area contributed by atoms with Crippen molar-refractivity contribution in [1.29, 1.82) is 0 Å². The van der Waals surface area contributed by atoms with E-state index < -0.39 is 5.60 Å². The van der Waals surface area contributed by atoms with Crippen molar-refractivity contribution in [3.8, 4) is 0 Å². The van der Waals surface area contributed by atoms with Gasteiger partial charge in [-0.05, 0) is 61.7 Å². The van der Waals surface area contributed by atoms with Crippen LogP contribution in [0.4, 0.5) is 0 Å². The lowest BCUT2D eigenvalue weighted by atomic mass is 9.82. The van der Waals surface area contributed by atoms with Crippen LogP contribution in [-0.2, 0) is 0 Å². The standard InChI is InChI=1S/C15H24O/c1-9-5-6-11-10(9)7-8-15(4,16)13-12(11)14(13,2)3/h10-13,16H,1,5-8H2,2-4H3/t10-,11+,12+,13-,15-/m1/s1. The molecular weight excluding hydrogens is 196 g/mol. The van der Waals surface area contributed by atoms with Crippen molar-refractivity contribution < 1.29 is 5.11 Å². The predicted molar refractivity (Wildman–Crippen MR) is 66.0 cm³/mol. The van der Waals surface area contributed by atoms with E-state index in [0.717, 1.165) is 18.3 Å². The van der Waals surface area contributed by atoms with E-state index in [2.05, 4.69) is 27.4 Å². The molecule has 0 saturated heterocycles. The molecule has 3 saturated carbocycles. The molecule has 0 unspecified atom stereocenters. The number of hydrogen-bond acceptors (Lipinski definition) is 1. The Morgan fingerprint density at radius 1 is 1.25 bits per heavy atom. The van der Waals surface area contributed by atoms with E-state index in [-0.39, 0.29) is 0 Å². The number of allylic oxidation sites excluding steroid dienone is 1. The number of rotatable bonds is 0. The van der Waals surface area contributed by atoms with Crippen LogP contribution in [0.25, 0.3) is 0 Å². The lowest BCUT2D eigenvalue weighted by molar-refractivity contribution is 0.0143. The summed E-state index contributed by atoms with van der Waals surface area (Å²) in [5, 5.41) is 10.6. The lowest BCUT2D eigenvalue weighted by Gasteiger charge is -2.26. The molecule has 3 fully saturated rings. The third-order valence-corrected chi connectivity index (χ3v) is 5.84. The molecule has 3 aliphatic rings. The molecule has 1 N–H and O–H groups in total. The van der Waals surface area contributed by atoms with E-state index in [4.69, 9.17) is 0 Å². The summed E-state index contributed by atoms with van der Waals surface area (Å²) < 4.78 is 0. The Morgan fingerprint density at radius 2 is 1.94 bits per heavy atom. The van der Waals surface area contributed by atoms with Crippen LogP contribution >= 0.6 is 0 Å². The first-order valence-corrected chi connectivity index (χ1v) is 6.76. The molecule has 0 amide bonds. The summed E-state index contributed by atoms with van der Waals surface area (Å²) in [6.45, 7) is 11.0. The third kappa shape index (κ3) is 1.21. The Labute approximate surface area is 98.9 Å². The third-order valence-electron chi connectivity index (χ3n) is 5.84. The molecule has 0 aliphatic heterocycles. The highest BCUT2D eigenvalue weighted by Crippen LogP contribution is 2.71. The van der Waals surface area contributed by atoms with Gasteiger partial charge in [-0.25, -0.2) is 0 Å². The number of aliphatic hydroxyl groups is 1. The molecule has 0 radical (unpaired) electrons. The molecule has 3 rings (SSSR count). The maximum absolute atomic E-state index is 10.6. The van der Waals surface area contributed by atoms with Gasteiger partial charge < -0.3 is 5.11 Å². The minimum absolute atomic E-state index is 0.359. The van der Waals surface area contributed by atoms with Gasteiger partial charge in [-0.2, -0.15) is 0 Å². The molecule has 1 heteroatoms. The van der Waals surface area contributed by atoms with Crippen molar-refractivity contribution in [2.24, 2.45) is 29.1 Å². The summed E-state index contributed by atoms with van der Waals surface area (Å²) in [5.41, 5.74) is 1.39. The van der Waals surface area contributed by atoms with Crippen molar-refractivity contribution in [3.63, 3.8) is 0 Å². The van der Waals surface area contributed by atoms with Gasteiger partial charge in [-0.1, -0.05) is 26.0 Å². The highest BCUT2D eigenvalue weighted by molar-refractivity contribution is 5.22. The highest BCUT2D eigenvalue weighted by atomic mass is 16.3. The van der Waals surface area contributed by atoms with Crippen molar-refractivity contribution in [1.82, 2.24) is 0 Å². The largest absolute Gasteiger partial charge is 0.390 e. The number of hydrogen-bond donors (Lipinski definition) is 1. The second-order valence-electron chi connectivity index (χ2n) is 7.19. The van der Waals surface area contributed by atoms with Crippen LogP contribution in [-0.4, -0.2) is 10.7 Å². The van der Waals surface area contributed by atoms with Crippen molar-refractivity contribution >= 4 is 0 Å². The molecule has 5 atom stereocenters. The predicted octanol–water partition coefficient (Wildman–Crippen LogP) is 3.39. The van der Waals surface area contributed by atoms with Gasteiger partial charge in [0.2, 0.25) is 0 Å². The van der Waals surface area contributed by atoms with Crippen LogP contribution in [0.5, 0.6) is 0 Å². The lowest BCUT2D eigenvalue weighted by Crippen LogP contribution is -2.29. The second kappa shape index (κ2) is 2.93. The summed E-state index contributed by atoms with van der Waals surface area (Å²) >= 11 is 0. The molecule has 90 valence electrons. The van der Waals surface area contributed by atoms with Gasteiger partial charge in [0.25, 0.3) is 0 Å². The molecule has 0 spiro atoms. The normalized spacial score (nSPS) is 54.1. The minimum atomic E-state index is -0.432. The Balaban J connectivity index is 1.95. The molecule has 0 aromatic carbocycles. The monoisotopic (exact) mass is 220 g/mol. The van der Waals surface area contributed by atoms with Crippen molar-refractivity contribution in [2.75, 3.05) is 0 Å². The Bertz CT molecular complexity index is 339. The van der Waals surface area contributed by atoms with Gasteiger partial charge in [-0.15, -0.1) is 0 Å². The van der Waals surface area contributed by atoms with E-state index in [9.17, 15) is 5.11 Å². The smallest absolute Gasteiger partial charge is 0.0656 e. The van der Waals surface area contributed by atoms with E-state index in [1.165, 1.54) is 24.8 Å². The summed E-state index contributed by atoms with van der Waals surface area (Å²) in [7, 11) is 0. The van der Waals surface area contributed by atoms with Crippen molar-refractivity contribution in [3.05, 3.63) is 12.2 Å². The average Bonchev–Trinajstić information content (AvgIpc) is 2.60. The first kappa shape index (κ1) is 10.8. The van der Waals surface area contributed by atoms with E-state index >= 15 is 0 Å². The summed E-state index contributed by atoms with van der Waals surface area (Å²) in [4.78, 5) is 0. The number of fused-ring (bicyclic) bond motifs is 3. The zero-order chi connectivity index (χ0) is 11.7. The Kier molecular flexibility index (Phi) is 1.98. The zero-order valence-electron chi connectivity index (χ0n) is 10.8. The van der Waals surface area contributed by atoms with E-state index in [1.54, 1.807) is 0 Å². The van der Waals surface area contributed by atoms with Gasteiger partial charge in [0.1, 0.15) is 0 Å². The van der Waals surface area contributed by atoms with E-state index in [1.807, 2.05) is 0 Å². The van der Waals surface area contributed by atoms with Gasteiger partial charge in [0.15, 0.2) is 0 Å². The first-order chi connectivity index (χ1) is 7.36. The molecule has 0 aromatic heterocycles. The quantitative estimate of drug-likeness (QED) is 0.620. The Hall–Kier alpha value is -0.300. The Morgan fingerprint density at radius 3 is 2.62 bits per heavy atom. The fraction of sp³-hybridized carbons (Fsp3) is 0.867. The SMILES string of the molecule is C=C1CC[C@@H]2[C@H]3[C@H](C3(C)C)[C@](C)(O)CC[C@H]12. The summed E-state index contributed by atoms with van der Waals surface area (Å²) in [6, 6.07) is 0. The molecule has 3 aliphatic carbocycles. The van der Waals surface area contributed by atoms with Crippen LogP contribution in [0.3, 0.4) is 0 Å². The first-order valence-electron chi connectivity index (χ1n) is 6.76. The maximum atomic E-state index is 10.6. The molecule has 1 nitrogen and oxygen atoms in total. The highest BCUT2D eigenvalue weighted by Gasteiger charge is 2.69. The van der Waals surface area contributed by atoms with Gasteiger partial charge in [0, 0.05) is 0 Å². The summed E-state index contributed by atoms with van der Waals surface area (Å²) in [6.07, 6.45) is 4.69. The van der Waals surface area contributed by atoms with Crippen LogP contribution in [0.2, 0.25) is 0 Å². The molecule has 16 heavy (non-hydrogen) atoms. The molecular formula is C15H24O. The van der Waals surface area contributed by atoms with E-state index in [0.29, 0.717) is 17.3 Å². The second-order valence-corrected chi connectivity index (χ2v) is 7.19. The molecule has 0 aromatic rings. The van der Waals surface area contributed by atoms with Crippen molar-refractivity contribution in [2.45, 2.75) is 52.1 Å². The van der Waals surface area contributed by atoms with Crippen LogP contribution < -0.4 is 0 Å². The fourth-order valence-electron chi connectivity index (χ4n) is 5.16. The van der Waals surface area contributed by atoms with Gasteiger partial charge in [-0.3, -0.25) is 0 Å². The van der Waals surface area contributed by atoms with Gasteiger partial charge >= 0.3 is 0 Å². The minimum Gasteiger partial charge on any atom is -0.390 e. The zero-order valence-corrected chi connectivity index (χ0v) is 10.8. The van der Waals surface area contributed by atoms with Gasteiger partial charge in [0.05, 0.1) is 5.60 Å². The topological polar surface area (TPSA) is 20.2 Å². The molecule has 0 heterocycles.